The van der Waals surface area contributed by atoms with Gasteiger partial charge in [-0.1, -0.05) is 0 Å². The normalized spacial score (nSPS) is 16.8. The Morgan fingerprint density at radius 2 is 2.00 bits per heavy atom. The van der Waals surface area contributed by atoms with E-state index in [1.54, 1.807) is 10.8 Å². The number of nitrogens with zero attached hydrogens (tertiary/aromatic N) is 4. The molecule has 5 rings (SSSR count). The zero-order valence-corrected chi connectivity index (χ0v) is 21.7. The predicted octanol–water partition coefficient (Wildman–Crippen LogP) is 0.0526. The number of hydrogen-bond donors (Lipinski definition) is 3. The van der Waals surface area contributed by atoms with Crippen LogP contribution in [-0.4, -0.2) is 89.5 Å². The molecule has 2 unspecified atom stereocenters. The number of benzene rings is 1. The summed E-state index contributed by atoms with van der Waals surface area (Å²) in [4.78, 5) is 61.4. The molecule has 0 spiro atoms. The molecule has 12 nitrogen and oxygen atoms in total. The fraction of sp³-hybridized carbons (Fsp3) is 0.423. The van der Waals surface area contributed by atoms with Gasteiger partial charge in [0, 0.05) is 50.7 Å². The van der Waals surface area contributed by atoms with Crippen LogP contribution in [0.1, 0.15) is 23.0 Å². The van der Waals surface area contributed by atoms with E-state index in [2.05, 4.69) is 25.5 Å². The van der Waals surface area contributed by atoms with Gasteiger partial charge < -0.3 is 39.5 Å². The molecule has 2 aromatic heterocycles. The fourth-order valence-corrected chi connectivity index (χ4v) is 4.95. The number of likely N-dealkylation sites (N-methyl/N-ethyl adjacent to an activating group) is 1. The second kappa shape index (κ2) is 10.8. The molecular weight excluding hydrogens is 509 g/mol. The number of aromatic amines is 1. The Morgan fingerprint density at radius 3 is 2.69 bits per heavy atom. The third kappa shape index (κ3) is 5.21. The van der Waals surface area contributed by atoms with Crippen LogP contribution in [-0.2, 0) is 22.6 Å². The van der Waals surface area contributed by atoms with Crippen LogP contribution in [0.25, 0.3) is 10.9 Å². The summed E-state index contributed by atoms with van der Waals surface area (Å²) in [7, 11) is 2.01. The van der Waals surface area contributed by atoms with Crippen LogP contribution in [0.4, 0.5) is 10.1 Å². The molecule has 39 heavy (non-hydrogen) atoms. The number of amides is 2. The highest BCUT2D eigenvalue weighted by atomic mass is 19.1. The first kappa shape index (κ1) is 26.4. The first-order chi connectivity index (χ1) is 18.8. The van der Waals surface area contributed by atoms with Gasteiger partial charge in [0.25, 0.3) is 5.91 Å². The molecular formula is C26H30FN7O5. The first-order valence-corrected chi connectivity index (χ1v) is 12.8. The van der Waals surface area contributed by atoms with Crippen molar-refractivity contribution in [3.8, 4) is 5.75 Å². The number of carbonyl (C=O) groups excluding carboxylic acids is 3. The monoisotopic (exact) mass is 539 g/mol. The van der Waals surface area contributed by atoms with Crippen LogP contribution in [0.5, 0.6) is 5.75 Å². The van der Waals surface area contributed by atoms with Gasteiger partial charge in [-0.25, -0.2) is 9.37 Å². The molecule has 13 heteroatoms. The van der Waals surface area contributed by atoms with Crippen molar-refractivity contribution in [3.63, 3.8) is 0 Å². The Hall–Kier alpha value is -4.26. The highest BCUT2D eigenvalue weighted by Gasteiger charge is 2.30. The molecule has 1 saturated heterocycles. The number of piperazine rings is 1. The number of carbonyl (C=O) groups is 3. The maximum atomic E-state index is 15.5. The van der Waals surface area contributed by atoms with Crippen molar-refractivity contribution in [2.24, 2.45) is 0 Å². The van der Waals surface area contributed by atoms with Gasteiger partial charge in [0.2, 0.25) is 11.3 Å². The second-order valence-corrected chi connectivity index (χ2v) is 9.86. The average molecular weight is 540 g/mol. The minimum atomic E-state index is -1.05. The van der Waals surface area contributed by atoms with Gasteiger partial charge in [-0.15, -0.1) is 0 Å². The number of halogens is 1. The largest absolute Gasteiger partial charge is 0.487 e. The van der Waals surface area contributed by atoms with Crippen molar-refractivity contribution in [1.82, 2.24) is 30.1 Å². The molecule has 0 aliphatic carbocycles. The highest BCUT2D eigenvalue weighted by molar-refractivity contribution is 6.01. The lowest BCUT2D eigenvalue weighted by Gasteiger charge is -2.36. The molecule has 0 radical (unpaired) electrons. The Bertz CT molecular complexity index is 1460. The number of ether oxygens (including phenoxy) is 1. The van der Waals surface area contributed by atoms with Crippen molar-refractivity contribution >= 4 is 34.7 Å². The number of anilines is 1. The predicted molar refractivity (Wildman–Crippen MR) is 141 cm³/mol. The molecule has 0 bridgehead atoms. The molecule has 3 aromatic rings. The van der Waals surface area contributed by atoms with Gasteiger partial charge in [0.15, 0.2) is 11.6 Å². The number of H-pyrrole nitrogens is 1. The molecule has 2 atom stereocenters. The highest BCUT2D eigenvalue weighted by Crippen LogP contribution is 2.40. The zero-order chi connectivity index (χ0) is 27.7. The van der Waals surface area contributed by atoms with Gasteiger partial charge in [0.05, 0.1) is 29.8 Å². The number of aldehydes is 1. The van der Waals surface area contributed by atoms with Gasteiger partial charge in [-0.2, -0.15) is 0 Å². The fourth-order valence-electron chi connectivity index (χ4n) is 4.95. The summed E-state index contributed by atoms with van der Waals surface area (Å²) < 4.78 is 23.1. The molecule has 1 fully saturated rings. The van der Waals surface area contributed by atoms with E-state index in [0.717, 1.165) is 19.2 Å². The summed E-state index contributed by atoms with van der Waals surface area (Å²) >= 11 is 0. The third-order valence-corrected chi connectivity index (χ3v) is 7.11. The molecule has 2 aliphatic heterocycles. The second-order valence-electron chi connectivity index (χ2n) is 9.86. The number of rotatable bonds is 8. The van der Waals surface area contributed by atoms with Crippen LogP contribution in [0.2, 0.25) is 0 Å². The summed E-state index contributed by atoms with van der Waals surface area (Å²) in [6.45, 7) is 4.83. The van der Waals surface area contributed by atoms with Crippen molar-refractivity contribution in [3.05, 3.63) is 52.1 Å². The van der Waals surface area contributed by atoms with E-state index in [-0.39, 0.29) is 24.0 Å². The minimum Gasteiger partial charge on any atom is -0.487 e. The van der Waals surface area contributed by atoms with Crippen LogP contribution in [0.3, 0.4) is 0 Å². The lowest BCUT2D eigenvalue weighted by Crippen LogP contribution is -2.49. The van der Waals surface area contributed by atoms with E-state index in [1.807, 2.05) is 11.9 Å². The smallest absolute Gasteiger partial charge is 0.257 e. The minimum absolute atomic E-state index is 0.0328. The Kier molecular flexibility index (Phi) is 7.33. The van der Waals surface area contributed by atoms with Crippen LogP contribution < -0.4 is 25.7 Å². The first-order valence-electron chi connectivity index (χ1n) is 12.8. The van der Waals surface area contributed by atoms with E-state index in [0.29, 0.717) is 48.6 Å². The van der Waals surface area contributed by atoms with Crippen molar-refractivity contribution in [1.29, 1.82) is 0 Å². The SMILES string of the molecule is CC(NC(=O)c1cn2c3c(c(N4CCN(C)CC4)c(F)cc3c1=O)OCC2)C(=O)NC(C=O)Cc1cnc[nH]1. The molecule has 206 valence electrons. The Balaban J connectivity index is 1.39. The molecule has 1 aromatic carbocycles. The van der Waals surface area contributed by atoms with Crippen LogP contribution in [0.15, 0.2) is 29.6 Å². The average Bonchev–Trinajstić information content (AvgIpc) is 3.43. The lowest BCUT2D eigenvalue weighted by molar-refractivity contribution is -0.125. The van der Waals surface area contributed by atoms with E-state index in [9.17, 15) is 19.2 Å². The quantitative estimate of drug-likeness (QED) is 0.341. The number of imidazole rings is 1. The number of nitrogens with one attached hydrogen (secondary N) is 3. The molecule has 0 saturated carbocycles. The summed E-state index contributed by atoms with van der Waals surface area (Å²) in [5, 5.41) is 5.12. The molecule has 2 amide bonds. The zero-order valence-electron chi connectivity index (χ0n) is 21.7. The van der Waals surface area contributed by atoms with Gasteiger partial charge in [-0.3, -0.25) is 14.4 Å². The standard InChI is InChI=1S/C26H30FN7O5/c1-15(25(37)31-17(13-35)9-16-11-28-14-29-16)30-26(38)19-12-34-7-8-39-24-21(34)18(23(19)36)10-20(27)22(24)33-5-3-32(2)4-6-33/h10-15,17H,3-9H2,1-2H3,(H,28,29)(H,30,38)(H,31,37). The van der Waals surface area contributed by atoms with Crippen molar-refractivity contribution in [2.45, 2.75) is 32.0 Å². The summed E-state index contributed by atoms with van der Waals surface area (Å²) in [6.07, 6.45) is 5.23. The number of aromatic nitrogens is 3. The van der Waals surface area contributed by atoms with E-state index >= 15 is 4.39 Å². The number of pyridine rings is 1. The summed E-state index contributed by atoms with van der Waals surface area (Å²) in [6, 6.07) is -0.714. The Morgan fingerprint density at radius 1 is 1.23 bits per heavy atom. The number of hydrogen-bond acceptors (Lipinski definition) is 8. The van der Waals surface area contributed by atoms with Crippen molar-refractivity contribution < 1.29 is 23.5 Å². The van der Waals surface area contributed by atoms with Crippen LogP contribution >= 0.6 is 0 Å². The maximum absolute atomic E-state index is 15.5. The summed E-state index contributed by atoms with van der Waals surface area (Å²) in [5.74, 6) is -1.66. The van der Waals surface area contributed by atoms with Gasteiger partial charge >= 0.3 is 0 Å². The van der Waals surface area contributed by atoms with Gasteiger partial charge in [-0.05, 0) is 20.0 Å². The van der Waals surface area contributed by atoms with E-state index in [1.165, 1.54) is 19.4 Å². The molecule has 3 N–H and O–H groups in total. The van der Waals surface area contributed by atoms with E-state index in [4.69, 9.17) is 4.74 Å². The maximum Gasteiger partial charge on any atom is 0.257 e. The topological polar surface area (TPSA) is 142 Å². The summed E-state index contributed by atoms with van der Waals surface area (Å²) in [5.41, 5.74) is 0.550. The Labute approximate surface area is 223 Å². The van der Waals surface area contributed by atoms with Gasteiger partial charge in [0.1, 0.15) is 30.2 Å². The van der Waals surface area contributed by atoms with Crippen LogP contribution in [0, 0.1) is 5.82 Å². The van der Waals surface area contributed by atoms with E-state index < -0.39 is 35.1 Å². The third-order valence-electron chi connectivity index (χ3n) is 7.11. The lowest BCUT2D eigenvalue weighted by atomic mass is 10.1. The molecule has 4 heterocycles. The van der Waals surface area contributed by atoms with Crippen molar-refractivity contribution in [2.75, 3.05) is 44.7 Å². The molecule has 2 aliphatic rings.